The summed E-state index contributed by atoms with van der Waals surface area (Å²) in [5, 5.41) is 8.08. The summed E-state index contributed by atoms with van der Waals surface area (Å²) in [6, 6.07) is 0. The van der Waals surface area contributed by atoms with E-state index in [1.165, 1.54) is 0 Å². The minimum Gasteiger partial charge on any atom is -0.339 e. The molecule has 0 saturated carbocycles. The van der Waals surface area contributed by atoms with Crippen LogP contribution in [-0.4, -0.2) is 26.5 Å². The minimum atomic E-state index is 0.206. The predicted molar refractivity (Wildman–Crippen MR) is 72.3 cm³/mol. The fourth-order valence-electron chi connectivity index (χ4n) is 1.97. The van der Waals surface area contributed by atoms with Crippen molar-refractivity contribution in [2.24, 2.45) is 18.2 Å². The third-order valence-corrected chi connectivity index (χ3v) is 3.27. The van der Waals surface area contributed by atoms with E-state index < -0.39 is 0 Å². The van der Waals surface area contributed by atoms with Crippen LogP contribution >= 0.6 is 0 Å². The van der Waals surface area contributed by atoms with Crippen LogP contribution in [0.1, 0.15) is 32.6 Å². The van der Waals surface area contributed by atoms with Crippen LogP contribution < -0.4 is 5.73 Å². The summed E-state index contributed by atoms with van der Waals surface area (Å²) in [7, 11) is 1.86. The van der Waals surface area contributed by atoms with Crippen molar-refractivity contribution in [2.75, 3.05) is 6.54 Å². The number of aromatic nitrogens is 4. The van der Waals surface area contributed by atoms with Crippen molar-refractivity contribution in [3.8, 4) is 11.4 Å². The first-order valence-electron chi connectivity index (χ1n) is 6.52. The second-order valence-electron chi connectivity index (χ2n) is 5.62. The van der Waals surface area contributed by atoms with Gasteiger partial charge in [0, 0.05) is 19.7 Å². The van der Waals surface area contributed by atoms with Crippen LogP contribution in [-0.2, 0) is 13.5 Å². The fraction of sp³-hybridized carbons (Fsp3) is 0.615. The molecule has 2 rings (SSSR count). The zero-order valence-electron chi connectivity index (χ0n) is 11.8. The highest BCUT2D eigenvalue weighted by atomic mass is 16.5. The van der Waals surface area contributed by atoms with Crippen LogP contribution in [0.25, 0.3) is 11.4 Å². The molecule has 19 heavy (non-hydrogen) atoms. The lowest BCUT2D eigenvalue weighted by Gasteiger charge is -2.22. The molecule has 0 aliphatic rings. The molecule has 0 atom stereocenters. The Morgan fingerprint density at radius 1 is 1.37 bits per heavy atom. The molecular weight excluding hydrogens is 242 g/mol. The molecule has 2 N–H and O–H groups in total. The SMILES string of the molecule is Cn1cc(-c2noc(CCC(C)(C)CCN)n2)cn1. The quantitative estimate of drug-likeness (QED) is 0.859. The summed E-state index contributed by atoms with van der Waals surface area (Å²) in [4.78, 5) is 4.39. The van der Waals surface area contributed by atoms with Crippen LogP contribution in [0.4, 0.5) is 0 Å². The Hall–Kier alpha value is -1.69. The highest BCUT2D eigenvalue weighted by Crippen LogP contribution is 2.26. The molecule has 0 unspecified atom stereocenters. The number of aryl methyl sites for hydroxylation is 2. The van der Waals surface area contributed by atoms with E-state index in [9.17, 15) is 0 Å². The van der Waals surface area contributed by atoms with Gasteiger partial charge in [-0.2, -0.15) is 10.1 Å². The molecule has 2 heterocycles. The molecule has 0 bridgehead atoms. The Kier molecular flexibility index (Phi) is 3.99. The van der Waals surface area contributed by atoms with Gasteiger partial charge in [-0.25, -0.2) is 0 Å². The number of hydrogen-bond donors (Lipinski definition) is 1. The largest absolute Gasteiger partial charge is 0.339 e. The van der Waals surface area contributed by atoms with E-state index in [1.54, 1.807) is 10.9 Å². The summed E-state index contributed by atoms with van der Waals surface area (Å²) < 4.78 is 6.99. The van der Waals surface area contributed by atoms with Crippen LogP contribution in [0.15, 0.2) is 16.9 Å². The first kappa shape index (κ1) is 13.7. The summed E-state index contributed by atoms with van der Waals surface area (Å²) in [5.41, 5.74) is 6.69. The molecule has 6 nitrogen and oxygen atoms in total. The summed E-state index contributed by atoms with van der Waals surface area (Å²) in [6.45, 7) is 5.12. The molecule has 0 spiro atoms. The van der Waals surface area contributed by atoms with E-state index in [2.05, 4.69) is 29.1 Å². The first-order valence-corrected chi connectivity index (χ1v) is 6.52. The van der Waals surface area contributed by atoms with E-state index >= 15 is 0 Å². The van der Waals surface area contributed by atoms with Gasteiger partial charge in [0.25, 0.3) is 0 Å². The van der Waals surface area contributed by atoms with Gasteiger partial charge >= 0.3 is 0 Å². The average molecular weight is 263 g/mol. The Labute approximate surface area is 113 Å². The monoisotopic (exact) mass is 263 g/mol. The van der Waals surface area contributed by atoms with E-state index in [0.29, 0.717) is 18.3 Å². The van der Waals surface area contributed by atoms with E-state index in [4.69, 9.17) is 10.3 Å². The number of hydrogen-bond acceptors (Lipinski definition) is 5. The molecule has 2 aromatic rings. The van der Waals surface area contributed by atoms with Gasteiger partial charge in [0.05, 0.1) is 11.8 Å². The van der Waals surface area contributed by atoms with Crippen molar-refractivity contribution in [3.05, 3.63) is 18.3 Å². The van der Waals surface area contributed by atoms with E-state index in [0.717, 1.165) is 24.8 Å². The number of nitrogens with two attached hydrogens (primary N) is 1. The van der Waals surface area contributed by atoms with Crippen LogP contribution in [0, 0.1) is 5.41 Å². The molecule has 104 valence electrons. The molecule has 0 aliphatic heterocycles. The van der Waals surface area contributed by atoms with Crippen molar-refractivity contribution in [3.63, 3.8) is 0 Å². The molecule has 6 heteroatoms. The molecule has 2 aromatic heterocycles. The van der Waals surface area contributed by atoms with Crippen molar-refractivity contribution >= 4 is 0 Å². The lowest BCUT2D eigenvalue weighted by molar-refractivity contribution is 0.289. The molecule has 0 aromatic carbocycles. The number of rotatable bonds is 6. The molecule has 0 fully saturated rings. The van der Waals surface area contributed by atoms with Gasteiger partial charge in [-0.3, -0.25) is 4.68 Å². The van der Waals surface area contributed by atoms with Gasteiger partial charge in [0.1, 0.15) is 0 Å². The molecule has 0 saturated heterocycles. The molecule has 0 aliphatic carbocycles. The lowest BCUT2D eigenvalue weighted by atomic mass is 9.84. The summed E-state index contributed by atoms with van der Waals surface area (Å²) in [5.74, 6) is 1.27. The molecule has 0 radical (unpaired) electrons. The van der Waals surface area contributed by atoms with Crippen LogP contribution in [0.5, 0.6) is 0 Å². The Balaban J connectivity index is 1.98. The third-order valence-electron chi connectivity index (χ3n) is 3.27. The maximum absolute atomic E-state index is 5.61. The highest BCUT2D eigenvalue weighted by Gasteiger charge is 2.19. The minimum absolute atomic E-state index is 0.206. The normalized spacial score (nSPS) is 12.0. The second-order valence-corrected chi connectivity index (χ2v) is 5.62. The second kappa shape index (κ2) is 5.52. The zero-order valence-corrected chi connectivity index (χ0v) is 11.8. The van der Waals surface area contributed by atoms with E-state index in [1.807, 2.05) is 13.2 Å². The van der Waals surface area contributed by atoms with Crippen molar-refractivity contribution < 1.29 is 4.52 Å². The van der Waals surface area contributed by atoms with Crippen LogP contribution in [0.3, 0.4) is 0 Å². The van der Waals surface area contributed by atoms with Gasteiger partial charge in [0.2, 0.25) is 11.7 Å². The third kappa shape index (κ3) is 3.64. The Bertz CT molecular complexity index is 529. The maximum Gasteiger partial charge on any atom is 0.226 e. The first-order chi connectivity index (χ1) is 9.00. The fourth-order valence-corrected chi connectivity index (χ4v) is 1.97. The van der Waals surface area contributed by atoms with Crippen molar-refractivity contribution in [2.45, 2.75) is 33.1 Å². The smallest absolute Gasteiger partial charge is 0.226 e. The van der Waals surface area contributed by atoms with Gasteiger partial charge in [0.15, 0.2) is 0 Å². The highest BCUT2D eigenvalue weighted by molar-refractivity contribution is 5.50. The summed E-state index contributed by atoms with van der Waals surface area (Å²) >= 11 is 0. The topological polar surface area (TPSA) is 82.8 Å². The Morgan fingerprint density at radius 2 is 2.16 bits per heavy atom. The standard InChI is InChI=1S/C13H21N5O/c1-13(2,6-7-14)5-4-11-16-12(17-19-11)10-8-15-18(3)9-10/h8-9H,4-7,14H2,1-3H3. The van der Waals surface area contributed by atoms with Crippen molar-refractivity contribution in [1.29, 1.82) is 0 Å². The van der Waals surface area contributed by atoms with Crippen molar-refractivity contribution in [1.82, 2.24) is 19.9 Å². The van der Waals surface area contributed by atoms with Gasteiger partial charge in [-0.05, 0) is 24.8 Å². The van der Waals surface area contributed by atoms with Gasteiger partial charge in [-0.1, -0.05) is 19.0 Å². The molecular formula is C13H21N5O. The summed E-state index contributed by atoms with van der Waals surface area (Å²) in [6.07, 6.45) is 6.36. The predicted octanol–water partition coefficient (Wildman–Crippen LogP) is 1.78. The zero-order chi connectivity index (χ0) is 13.9. The van der Waals surface area contributed by atoms with Gasteiger partial charge < -0.3 is 10.3 Å². The maximum atomic E-state index is 5.61. The number of nitrogens with zero attached hydrogens (tertiary/aromatic N) is 4. The van der Waals surface area contributed by atoms with Gasteiger partial charge in [-0.15, -0.1) is 0 Å². The lowest BCUT2D eigenvalue weighted by Crippen LogP contribution is -2.17. The van der Waals surface area contributed by atoms with Crippen LogP contribution in [0.2, 0.25) is 0 Å². The van der Waals surface area contributed by atoms with E-state index in [-0.39, 0.29) is 5.41 Å². The average Bonchev–Trinajstić information content (AvgIpc) is 2.95. The molecule has 0 amide bonds. The Morgan fingerprint density at radius 3 is 2.79 bits per heavy atom.